The van der Waals surface area contributed by atoms with Crippen LogP contribution >= 0.6 is 0 Å². The van der Waals surface area contributed by atoms with Crippen LogP contribution in [0.15, 0.2) is 88.6 Å². The fourth-order valence-corrected chi connectivity index (χ4v) is 3.72. The molecule has 29 heavy (non-hydrogen) atoms. The van der Waals surface area contributed by atoms with Crippen LogP contribution in [0.4, 0.5) is 0 Å². The molecule has 0 aliphatic rings. The normalized spacial score (nSPS) is 11.3. The molecule has 0 saturated carbocycles. The molecule has 0 aliphatic carbocycles. The number of benzene rings is 2. The highest BCUT2D eigenvalue weighted by atomic mass is 16.2. The van der Waals surface area contributed by atoms with Gasteiger partial charge in [0.25, 0.3) is 17.0 Å². The first kappa shape index (κ1) is 17.0. The molecule has 0 spiro atoms. The van der Waals surface area contributed by atoms with E-state index in [-0.39, 0.29) is 5.56 Å². The van der Waals surface area contributed by atoms with Gasteiger partial charge in [0, 0.05) is 30.9 Å². The summed E-state index contributed by atoms with van der Waals surface area (Å²) in [6.45, 7) is 0. The van der Waals surface area contributed by atoms with Crippen LogP contribution in [0.2, 0.25) is 0 Å². The Kier molecular flexibility index (Phi) is 3.64. The molecule has 3 aromatic heterocycles. The number of carbonyl (C=O) groups excluding carboxylic acids is 1. The molecule has 2 aromatic carbocycles. The molecule has 0 saturated heterocycles. The third kappa shape index (κ3) is 2.41. The monoisotopic (exact) mass is 384 g/mol. The van der Waals surface area contributed by atoms with Gasteiger partial charge in [0.2, 0.25) is 0 Å². The number of aryl methyl sites for hydroxylation is 1. The molecule has 142 valence electrons. The van der Waals surface area contributed by atoms with Gasteiger partial charge in [-0.1, -0.05) is 36.4 Å². The molecule has 3 heterocycles. The molecular formula is C22H16N4O3. The second-order valence-electron chi connectivity index (χ2n) is 6.74. The first-order valence-corrected chi connectivity index (χ1v) is 9.08. The van der Waals surface area contributed by atoms with E-state index in [2.05, 4.69) is 0 Å². The first-order chi connectivity index (χ1) is 14.1. The van der Waals surface area contributed by atoms with Crippen molar-refractivity contribution in [2.75, 3.05) is 0 Å². The van der Waals surface area contributed by atoms with Crippen LogP contribution < -0.4 is 11.1 Å². The molecule has 0 amide bonds. The molecule has 5 rings (SSSR count). The van der Waals surface area contributed by atoms with Crippen molar-refractivity contribution in [3.8, 4) is 5.69 Å². The molecule has 0 radical (unpaired) electrons. The van der Waals surface area contributed by atoms with Gasteiger partial charge in [-0.15, -0.1) is 0 Å². The third-order valence-corrected chi connectivity index (χ3v) is 5.08. The molecule has 0 bridgehead atoms. The van der Waals surface area contributed by atoms with Gasteiger partial charge in [0.15, 0.2) is 0 Å². The summed E-state index contributed by atoms with van der Waals surface area (Å²) in [6.07, 6.45) is 1.53. The maximum Gasteiger partial charge on any atom is 0.296 e. The van der Waals surface area contributed by atoms with Crippen molar-refractivity contribution < 1.29 is 4.79 Å². The van der Waals surface area contributed by atoms with E-state index >= 15 is 0 Å². The Morgan fingerprint density at radius 3 is 2.21 bits per heavy atom. The maximum atomic E-state index is 13.2. The lowest BCUT2D eigenvalue weighted by Crippen LogP contribution is -2.28. The summed E-state index contributed by atoms with van der Waals surface area (Å²) < 4.78 is 5.98. The minimum absolute atomic E-state index is 0.231. The van der Waals surface area contributed by atoms with Crippen LogP contribution in [-0.4, -0.2) is 24.2 Å². The zero-order valence-corrected chi connectivity index (χ0v) is 15.5. The Balaban J connectivity index is 1.83. The van der Waals surface area contributed by atoms with E-state index in [4.69, 9.17) is 0 Å². The number of para-hydroxylation sites is 1. The van der Waals surface area contributed by atoms with Crippen molar-refractivity contribution in [3.05, 3.63) is 105 Å². The SMILES string of the molecule is Cn1c2cc3n(C(=O)c4ccccc4)c(=O)ccn3c2c(=O)n1-c1ccccc1. The highest BCUT2D eigenvalue weighted by molar-refractivity contribution is 5.99. The van der Waals surface area contributed by atoms with Crippen molar-refractivity contribution in [1.82, 2.24) is 18.3 Å². The topological polar surface area (TPSA) is 70.4 Å². The third-order valence-electron chi connectivity index (χ3n) is 5.08. The summed E-state index contributed by atoms with van der Waals surface area (Å²) in [7, 11) is 1.78. The second-order valence-corrected chi connectivity index (χ2v) is 6.74. The molecule has 7 nitrogen and oxygen atoms in total. The number of hydrogen-bond donors (Lipinski definition) is 0. The van der Waals surface area contributed by atoms with E-state index in [1.165, 1.54) is 12.3 Å². The molecule has 7 heteroatoms. The lowest BCUT2D eigenvalue weighted by molar-refractivity contribution is 0.0960. The summed E-state index contributed by atoms with van der Waals surface area (Å²) in [5.41, 5.74) is 1.83. The van der Waals surface area contributed by atoms with Crippen molar-refractivity contribution in [1.29, 1.82) is 0 Å². The number of aromatic nitrogens is 4. The average Bonchev–Trinajstić information content (AvgIpc) is 3.24. The Bertz CT molecular complexity index is 1500. The standard InChI is InChI=1S/C22H16N4O3/c1-23-17-14-18-24(20(17)22(29)26(23)16-10-6-3-7-11-16)13-12-19(27)25(18)21(28)15-8-4-2-5-9-15/h2-14H,1H3. The molecule has 0 atom stereocenters. The van der Waals surface area contributed by atoms with Gasteiger partial charge in [-0.3, -0.25) is 23.5 Å². The van der Waals surface area contributed by atoms with Crippen molar-refractivity contribution >= 4 is 22.6 Å². The minimum atomic E-state index is -0.447. The maximum absolute atomic E-state index is 13.2. The summed E-state index contributed by atoms with van der Waals surface area (Å²) in [5, 5.41) is 0. The molecule has 0 unspecified atom stereocenters. The zero-order chi connectivity index (χ0) is 20.1. The van der Waals surface area contributed by atoms with Gasteiger partial charge in [0.05, 0.1) is 11.2 Å². The predicted octanol–water partition coefficient (Wildman–Crippen LogP) is 2.43. The van der Waals surface area contributed by atoms with Gasteiger partial charge < -0.3 is 0 Å². The minimum Gasteiger partial charge on any atom is -0.296 e. The van der Waals surface area contributed by atoms with Crippen molar-refractivity contribution in [2.45, 2.75) is 0 Å². The Morgan fingerprint density at radius 2 is 1.52 bits per heavy atom. The smallest absolute Gasteiger partial charge is 0.296 e. The van der Waals surface area contributed by atoms with E-state index in [0.717, 1.165) is 10.3 Å². The molecule has 0 aliphatic heterocycles. The highest BCUT2D eigenvalue weighted by Crippen LogP contribution is 2.19. The molecule has 0 fully saturated rings. The van der Waals surface area contributed by atoms with E-state index in [0.29, 0.717) is 22.2 Å². The van der Waals surface area contributed by atoms with Crippen molar-refractivity contribution in [2.24, 2.45) is 7.05 Å². The Labute approximate surface area is 164 Å². The zero-order valence-electron chi connectivity index (χ0n) is 15.5. The summed E-state index contributed by atoms with van der Waals surface area (Å²) in [5.74, 6) is -0.438. The fraction of sp³-hybridized carbons (Fsp3) is 0.0455. The number of rotatable bonds is 2. The number of hydrogen-bond acceptors (Lipinski definition) is 3. The van der Waals surface area contributed by atoms with Crippen LogP contribution in [0.1, 0.15) is 10.4 Å². The lowest BCUT2D eigenvalue weighted by Gasteiger charge is -2.08. The van der Waals surface area contributed by atoms with E-state index in [1.54, 1.807) is 57.2 Å². The van der Waals surface area contributed by atoms with E-state index in [9.17, 15) is 14.4 Å². The van der Waals surface area contributed by atoms with Crippen LogP contribution in [0, 0.1) is 0 Å². The van der Waals surface area contributed by atoms with Crippen LogP contribution in [0.5, 0.6) is 0 Å². The quantitative estimate of drug-likeness (QED) is 0.469. The van der Waals surface area contributed by atoms with E-state index in [1.807, 2.05) is 30.3 Å². The highest BCUT2D eigenvalue weighted by Gasteiger charge is 2.21. The van der Waals surface area contributed by atoms with Crippen LogP contribution in [0.3, 0.4) is 0 Å². The number of nitrogens with zero attached hydrogens (tertiary/aromatic N) is 4. The largest absolute Gasteiger partial charge is 0.296 e. The summed E-state index contributed by atoms with van der Waals surface area (Å²) in [4.78, 5) is 38.8. The summed E-state index contributed by atoms with van der Waals surface area (Å²) in [6, 6.07) is 20.9. The fourth-order valence-electron chi connectivity index (χ4n) is 3.72. The first-order valence-electron chi connectivity index (χ1n) is 9.08. The second kappa shape index (κ2) is 6.20. The van der Waals surface area contributed by atoms with Gasteiger partial charge in [-0.05, 0) is 24.3 Å². The van der Waals surface area contributed by atoms with Gasteiger partial charge in [0.1, 0.15) is 11.2 Å². The lowest BCUT2D eigenvalue weighted by atomic mass is 10.2. The van der Waals surface area contributed by atoms with E-state index < -0.39 is 11.5 Å². The van der Waals surface area contributed by atoms with Crippen LogP contribution in [-0.2, 0) is 7.05 Å². The molecular weight excluding hydrogens is 368 g/mol. The Morgan fingerprint density at radius 1 is 0.862 bits per heavy atom. The predicted molar refractivity (Wildman–Crippen MR) is 110 cm³/mol. The molecule has 0 N–H and O–H groups in total. The van der Waals surface area contributed by atoms with Gasteiger partial charge in [-0.2, -0.15) is 0 Å². The molecule has 5 aromatic rings. The van der Waals surface area contributed by atoms with Gasteiger partial charge >= 0.3 is 0 Å². The number of fused-ring (bicyclic) bond motifs is 3. The van der Waals surface area contributed by atoms with Crippen molar-refractivity contribution in [3.63, 3.8) is 0 Å². The average molecular weight is 384 g/mol. The Hall–Kier alpha value is -4.13. The van der Waals surface area contributed by atoms with Gasteiger partial charge in [-0.25, -0.2) is 9.25 Å². The van der Waals surface area contributed by atoms with Crippen LogP contribution in [0.25, 0.3) is 22.4 Å². The number of carbonyl (C=O) groups is 1. The summed E-state index contributed by atoms with van der Waals surface area (Å²) >= 11 is 0.